The first-order valence-corrected chi connectivity index (χ1v) is 11.5. The topological polar surface area (TPSA) is 64.4 Å². The molecule has 6 nitrogen and oxygen atoms in total. The van der Waals surface area contributed by atoms with Crippen LogP contribution in [0.4, 0.5) is 0 Å². The Kier molecular flexibility index (Phi) is 7.72. The maximum Gasteiger partial charge on any atom is 0.262 e. The molecule has 158 valence electrons. The van der Waals surface area contributed by atoms with Crippen LogP contribution in [-0.4, -0.2) is 51.4 Å². The van der Waals surface area contributed by atoms with E-state index in [1.165, 1.54) is 18.2 Å². The molecular formula is C22H31N3O3S. The Morgan fingerprint density at radius 2 is 2.10 bits per heavy atom. The third-order valence-electron chi connectivity index (χ3n) is 5.25. The lowest BCUT2D eigenvalue weighted by Crippen LogP contribution is -2.43. The van der Waals surface area contributed by atoms with E-state index in [0.29, 0.717) is 35.0 Å². The van der Waals surface area contributed by atoms with Crippen LogP contribution in [0.3, 0.4) is 0 Å². The molecule has 29 heavy (non-hydrogen) atoms. The van der Waals surface area contributed by atoms with Gasteiger partial charge in [0.05, 0.1) is 22.8 Å². The number of hydrogen-bond donors (Lipinski definition) is 0. The van der Waals surface area contributed by atoms with Crippen LogP contribution in [0.15, 0.2) is 34.2 Å². The van der Waals surface area contributed by atoms with E-state index in [0.717, 1.165) is 25.8 Å². The summed E-state index contributed by atoms with van der Waals surface area (Å²) >= 11 is 1.36. The van der Waals surface area contributed by atoms with Crippen molar-refractivity contribution in [1.82, 2.24) is 14.5 Å². The van der Waals surface area contributed by atoms with Gasteiger partial charge in [0.15, 0.2) is 5.16 Å². The molecule has 0 radical (unpaired) electrons. The highest BCUT2D eigenvalue weighted by Gasteiger charge is 2.23. The van der Waals surface area contributed by atoms with Crippen LogP contribution in [0.1, 0.15) is 46.5 Å². The molecular weight excluding hydrogens is 386 g/mol. The van der Waals surface area contributed by atoms with Gasteiger partial charge in [-0.25, -0.2) is 4.98 Å². The van der Waals surface area contributed by atoms with Crippen LogP contribution in [0.2, 0.25) is 0 Å². The Morgan fingerprint density at radius 3 is 2.86 bits per heavy atom. The molecule has 2 aromatic rings. The Labute approximate surface area is 176 Å². The zero-order chi connectivity index (χ0) is 20.8. The number of nitrogens with zero attached hydrogens (tertiary/aromatic N) is 3. The van der Waals surface area contributed by atoms with Crippen LogP contribution in [-0.2, 0) is 16.1 Å². The molecule has 2 heterocycles. The number of amides is 1. The predicted molar refractivity (Wildman–Crippen MR) is 117 cm³/mol. The van der Waals surface area contributed by atoms with Crippen LogP contribution in [0.25, 0.3) is 10.9 Å². The normalized spacial score (nSPS) is 17.2. The highest BCUT2D eigenvalue weighted by molar-refractivity contribution is 7.99. The molecule has 7 heteroatoms. The van der Waals surface area contributed by atoms with E-state index in [4.69, 9.17) is 9.72 Å². The van der Waals surface area contributed by atoms with Gasteiger partial charge in [-0.1, -0.05) is 23.9 Å². The van der Waals surface area contributed by atoms with E-state index < -0.39 is 0 Å². The molecule has 1 aromatic carbocycles. The summed E-state index contributed by atoms with van der Waals surface area (Å²) in [7, 11) is 0. The summed E-state index contributed by atoms with van der Waals surface area (Å²) in [6, 6.07) is 7.68. The summed E-state index contributed by atoms with van der Waals surface area (Å²) in [4.78, 5) is 32.5. The molecule has 1 atom stereocenters. The Hall–Kier alpha value is -1.86. The maximum absolute atomic E-state index is 13.0. The van der Waals surface area contributed by atoms with Crippen molar-refractivity contribution in [2.24, 2.45) is 0 Å². The van der Waals surface area contributed by atoms with E-state index in [-0.39, 0.29) is 23.6 Å². The average molecular weight is 418 g/mol. The number of carbonyl (C=O) groups is 1. The lowest BCUT2D eigenvalue weighted by atomic mass is 10.0. The number of thioether (sulfide) groups is 1. The van der Waals surface area contributed by atoms with Crippen molar-refractivity contribution in [3.63, 3.8) is 0 Å². The summed E-state index contributed by atoms with van der Waals surface area (Å²) in [6.07, 6.45) is 4.20. The van der Waals surface area contributed by atoms with Gasteiger partial charge in [0.2, 0.25) is 5.91 Å². The lowest BCUT2D eigenvalue weighted by molar-refractivity contribution is -0.131. The van der Waals surface area contributed by atoms with Gasteiger partial charge >= 0.3 is 0 Å². The average Bonchev–Trinajstić information content (AvgIpc) is 2.71. The minimum absolute atomic E-state index is 0.0542. The molecule has 0 aliphatic carbocycles. The van der Waals surface area contributed by atoms with Crippen molar-refractivity contribution in [2.45, 2.75) is 70.3 Å². The van der Waals surface area contributed by atoms with E-state index in [2.05, 4.69) is 6.92 Å². The zero-order valence-electron chi connectivity index (χ0n) is 17.6. The van der Waals surface area contributed by atoms with Crippen molar-refractivity contribution in [2.75, 3.05) is 18.9 Å². The molecule has 0 saturated carbocycles. The third-order valence-corrected chi connectivity index (χ3v) is 6.21. The van der Waals surface area contributed by atoms with Crippen molar-refractivity contribution in [1.29, 1.82) is 0 Å². The second kappa shape index (κ2) is 10.3. The molecule has 1 saturated heterocycles. The quantitative estimate of drug-likeness (QED) is 0.372. The lowest BCUT2D eigenvalue weighted by Gasteiger charge is -2.33. The van der Waals surface area contributed by atoms with Gasteiger partial charge in [-0.2, -0.15) is 0 Å². The van der Waals surface area contributed by atoms with Crippen molar-refractivity contribution in [3.8, 4) is 0 Å². The third kappa shape index (κ3) is 5.60. The number of fused-ring (bicyclic) bond motifs is 1. The Balaban J connectivity index is 1.78. The number of aromatic nitrogens is 2. The first kappa shape index (κ1) is 21.8. The number of para-hydroxylation sites is 1. The SMILES string of the molecule is CC(C)OCCCn1c(SCC(=O)N2CCCCC2C)nc2ccccc2c1=O. The zero-order valence-corrected chi connectivity index (χ0v) is 18.4. The number of hydrogen-bond acceptors (Lipinski definition) is 5. The number of carbonyl (C=O) groups excluding carboxylic acids is 1. The molecule has 1 aliphatic heterocycles. The minimum atomic E-state index is -0.0542. The van der Waals surface area contributed by atoms with Crippen LogP contribution >= 0.6 is 11.8 Å². The van der Waals surface area contributed by atoms with Crippen molar-refractivity contribution in [3.05, 3.63) is 34.6 Å². The molecule has 1 aromatic heterocycles. The number of ether oxygens (including phenoxy) is 1. The largest absolute Gasteiger partial charge is 0.379 e. The molecule has 0 bridgehead atoms. The molecule has 3 rings (SSSR count). The molecule has 1 amide bonds. The summed E-state index contributed by atoms with van der Waals surface area (Å²) in [5.74, 6) is 0.428. The second-order valence-corrected chi connectivity index (χ2v) is 8.80. The van der Waals surface area contributed by atoms with Crippen LogP contribution in [0, 0.1) is 0 Å². The van der Waals surface area contributed by atoms with E-state index in [9.17, 15) is 9.59 Å². The highest BCUT2D eigenvalue weighted by atomic mass is 32.2. The van der Waals surface area contributed by atoms with E-state index >= 15 is 0 Å². The molecule has 1 unspecified atom stereocenters. The number of rotatable bonds is 8. The van der Waals surface area contributed by atoms with Gasteiger partial charge in [0.1, 0.15) is 0 Å². The summed E-state index contributed by atoms with van der Waals surface area (Å²) < 4.78 is 7.31. The first-order chi connectivity index (χ1) is 14.0. The summed E-state index contributed by atoms with van der Waals surface area (Å²) in [5.41, 5.74) is 0.620. The Bertz CT molecular complexity index is 896. The van der Waals surface area contributed by atoms with Crippen molar-refractivity contribution >= 4 is 28.6 Å². The van der Waals surface area contributed by atoms with Gasteiger partial charge in [-0.15, -0.1) is 0 Å². The minimum Gasteiger partial charge on any atom is -0.379 e. The number of likely N-dealkylation sites (tertiary alicyclic amines) is 1. The monoisotopic (exact) mass is 417 g/mol. The predicted octanol–water partition coefficient (Wildman–Crippen LogP) is 3.70. The second-order valence-electron chi connectivity index (χ2n) is 7.86. The fraction of sp³-hybridized carbons (Fsp3) is 0.591. The molecule has 0 spiro atoms. The fourth-order valence-corrected chi connectivity index (χ4v) is 4.59. The van der Waals surface area contributed by atoms with Gasteiger partial charge in [0, 0.05) is 25.7 Å². The molecule has 1 fully saturated rings. The van der Waals surface area contributed by atoms with Crippen LogP contribution in [0.5, 0.6) is 0 Å². The number of piperidine rings is 1. The van der Waals surface area contributed by atoms with E-state index in [1.807, 2.05) is 36.9 Å². The summed E-state index contributed by atoms with van der Waals surface area (Å²) in [6.45, 7) is 8.05. The maximum atomic E-state index is 13.0. The van der Waals surface area contributed by atoms with E-state index in [1.54, 1.807) is 10.6 Å². The van der Waals surface area contributed by atoms with Crippen molar-refractivity contribution < 1.29 is 9.53 Å². The van der Waals surface area contributed by atoms with Gasteiger partial charge in [0.25, 0.3) is 5.56 Å². The standard InChI is InChI=1S/C22H31N3O3S/c1-16(2)28-14-8-13-25-21(27)18-10-4-5-11-19(18)23-22(25)29-15-20(26)24-12-7-6-9-17(24)3/h4-5,10-11,16-17H,6-9,12-15H2,1-3H3. The highest BCUT2D eigenvalue weighted by Crippen LogP contribution is 2.22. The summed E-state index contributed by atoms with van der Waals surface area (Å²) in [5, 5.41) is 1.22. The van der Waals surface area contributed by atoms with Gasteiger partial charge in [-0.05, 0) is 58.6 Å². The van der Waals surface area contributed by atoms with Crippen LogP contribution < -0.4 is 5.56 Å². The van der Waals surface area contributed by atoms with Gasteiger partial charge in [-0.3, -0.25) is 14.2 Å². The first-order valence-electron chi connectivity index (χ1n) is 10.5. The fourth-order valence-electron chi connectivity index (χ4n) is 3.67. The molecule has 0 N–H and O–H groups in total. The smallest absolute Gasteiger partial charge is 0.262 e. The Morgan fingerprint density at radius 1 is 1.31 bits per heavy atom. The number of benzene rings is 1. The molecule has 1 aliphatic rings. The van der Waals surface area contributed by atoms with Gasteiger partial charge < -0.3 is 9.64 Å².